The first-order chi connectivity index (χ1) is 23.2. The van der Waals surface area contributed by atoms with Gasteiger partial charge in [-0.2, -0.15) is 4.98 Å². The van der Waals surface area contributed by atoms with E-state index in [-0.39, 0.29) is 5.91 Å². The fraction of sp³-hybridized carbons (Fsp3) is 0.194. The second-order valence-corrected chi connectivity index (χ2v) is 14.2. The molecular formula is C36H32Br2ClN5O3S. The van der Waals surface area contributed by atoms with E-state index in [1.807, 2.05) is 106 Å². The number of anilines is 2. The quantitative estimate of drug-likeness (QED) is 0.129. The van der Waals surface area contributed by atoms with Gasteiger partial charge in [0.25, 0.3) is 5.91 Å². The predicted octanol–water partition coefficient (Wildman–Crippen LogP) is 9.96. The molecular weight excluding hydrogens is 778 g/mol. The van der Waals surface area contributed by atoms with Crippen molar-refractivity contribution in [2.45, 2.75) is 44.3 Å². The first-order valence-electron chi connectivity index (χ1n) is 15.2. The van der Waals surface area contributed by atoms with Crippen molar-refractivity contribution in [2.24, 2.45) is 0 Å². The minimum absolute atomic E-state index is 0.254. The largest absolute Gasteiger partial charge is 0.490 e. The summed E-state index contributed by atoms with van der Waals surface area (Å²) in [5.74, 6) is 1.97. The molecule has 0 radical (unpaired) electrons. The van der Waals surface area contributed by atoms with Gasteiger partial charge in [0.15, 0.2) is 11.5 Å². The van der Waals surface area contributed by atoms with Crippen LogP contribution in [0.1, 0.15) is 42.1 Å². The van der Waals surface area contributed by atoms with Gasteiger partial charge in [0.2, 0.25) is 11.1 Å². The second kappa shape index (κ2) is 15.2. The van der Waals surface area contributed by atoms with Gasteiger partial charge in [-0.1, -0.05) is 87.8 Å². The van der Waals surface area contributed by atoms with Crippen LogP contribution in [0.4, 0.5) is 11.6 Å². The molecule has 0 saturated heterocycles. The molecule has 1 atom stereocenters. The predicted molar refractivity (Wildman–Crippen MR) is 199 cm³/mol. The van der Waals surface area contributed by atoms with Crippen LogP contribution in [0, 0.1) is 6.92 Å². The topological polar surface area (TPSA) is 90.3 Å². The van der Waals surface area contributed by atoms with Crippen molar-refractivity contribution in [1.82, 2.24) is 14.8 Å². The zero-order chi connectivity index (χ0) is 33.8. The number of thioether (sulfide) groups is 1. The Bertz CT molecular complexity index is 2000. The molecule has 4 aromatic carbocycles. The highest BCUT2D eigenvalue weighted by molar-refractivity contribution is 9.10. The molecule has 2 N–H and O–H groups in total. The lowest BCUT2D eigenvalue weighted by Crippen LogP contribution is -2.31. The van der Waals surface area contributed by atoms with Crippen LogP contribution in [0.3, 0.4) is 0 Å². The highest BCUT2D eigenvalue weighted by atomic mass is 79.9. The van der Waals surface area contributed by atoms with Gasteiger partial charge in [-0.15, -0.1) is 5.10 Å². The summed E-state index contributed by atoms with van der Waals surface area (Å²) in [6.45, 7) is 6.53. The van der Waals surface area contributed by atoms with Crippen LogP contribution in [-0.2, 0) is 17.2 Å². The average Bonchev–Trinajstić information content (AvgIpc) is 3.47. The van der Waals surface area contributed by atoms with Crippen LogP contribution in [0.5, 0.6) is 11.5 Å². The molecule has 1 amide bonds. The summed E-state index contributed by atoms with van der Waals surface area (Å²) in [6, 6.07) is 26.6. The van der Waals surface area contributed by atoms with Crippen LogP contribution >= 0.6 is 55.2 Å². The summed E-state index contributed by atoms with van der Waals surface area (Å²) in [5, 5.41) is 12.6. The fourth-order valence-electron chi connectivity index (χ4n) is 5.34. The molecule has 12 heteroatoms. The van der Waals surface area contributed by atoms with E-state index >= 15 is 0 Å². The molecule has 5 aromatic rings. The van der Waals surface area contributed by atoms with Crippen LogP contribution in [-0.4, -0.2) is 27.3 Å². The summed E-state index contributed by atoms with van der Waals surface area (Å²) in [5.41, 5.74) is 5.61. The van der Waals surface area contributed by atoms with Crippen LogP contribution in [0.2, 0.25) is 5.02 Å². The van der Waals surface area contributed by atoms with E-state index in [9.17, 15) is 4.79 Å². The molecule has 0 fully saturated rings. The molecule has 1 aliphatic heterocycles. The molecule has 0 aliphatic carbocycles. The molecule has 48 heavy (non-hydrogen) atoms. The van der Waals surface area contributed by atoms with E-state index in [1.54, 1.807) is 4.68 Å². The van der Waals surface area contributed by atoms with Crippen molar-refractivity contribution in [1.29, 1.82) is 0 Å². The number of nitrogens with zero attached hydrogens (tertiary/aromatic N) is 3. The van der Waals surface area contributed by atoms with Crippen molar-refractivity contribution >= 4 is 72.8 Å². The van der Waals surface area contributed by atoms with Gasteiger partial charge >= 0.3 is 0 Å². The molecule has 8 nitrogen and oxygen atoms in total. The maximum absolute atomic E-state index is 14.2. The first-order valence-corrected chi connectivity index (χ1v) is 18.2. The Morgan fingerprint density at radius 3 is 2.52 bits per heavy atom. The number of hydrogen-bond donors (Lipinski definition) is 2. The number of ether oxygens (including phenoxy) is 2. The number of para-hydroxylation sites is 1. The molecule has 0 saturated carbocycles. The van der Waals surface area contributed by atoms with Gasteiger partial charge in [0.05, 0.1) is 16.7 Å². The van der Waals surface area contributed by atoms with Gasteiger partial charge in [0.1, 0.15) is 12.6 Å². The van der Waals surface area contributed by atoms with E-state index in [1.165, 1.54) is 11.8 Å². The lowest BCUT2D eigenvalue weighted by molar-refractivity contribution is -0.113. The number of aryl methyl sites for hydroxylation is 1. The van der Waals surface area contributed by atoms with Gasteiger partial charge in [0, 0.05) is 26.6 Å². The third-order valence-corrected chi connectivity index (χ3v) is 10.1. The number of rotatable bonds is 11. The van der Waals surface area contributed by atoms with Crippen molar-refractivity contribution < 1.29 is 14.3 Å². The number of carbonyl (C=O) groups is 1. The lowest BCUT2D eigenvalue weighted by atomic mass is 9.94. The average molecular weight is 810 g/mol. The summed E-state index contributed by atoms with van der Waals surface area (Å²) in [7, 11) is 0. The number of nitrogens with one attached hydrogen (secondary N) is 2. The molecule has 1 unspecified atom stereocenters. The first kappa shape index (κ1) is 34.1. The summed E-state index contributed by atoms with van der Waals surface area (Å²) >= 11 is 15.1. The molecule has 0 bridgehead atoms. The molecule has 246 valence electrons. The smallest absolute Gasteiger partial charge is 0.255 e. The zero-order valence-corrected chi connectivity index (χ0v) is 31.1. The maximum Gasteiger partial charge on any atom is 0.255 e. The van der Waals surface area contributed by atoms with Crippen molar-refractivity contribution in [3.05, 3.63) is 132 Å². The molecule has 6 rings (SSSR count). The number of allylic oxidation sites excluding steroid dienone is 1. The number of carbonyl (C=O) groups excluding carboxylic acids is 1. The zero-order valence-electron chi connectivity index (χ0n) is 26.4. The number of halogens is 3. The van der Waals surface area contributed by atoms with Gasteiger partial charge in [-0.3, -0.25) is 4.79 Å². The summed E-state index contributed by atoms with van der Waals surface area (Å²) in [6.07, 6.45) is 0. The third kappa shape index (κ3) is 7.59. The van der Waals surface area contributed by atoms with Crippen molar-refractivity contribution in [2.75, 3.05) is 17.2 Å². The highest BCUT2D eigenvalue weighted by Crippen LogP contribution is 2.44. The highest BCUT2D eigenvalue weighted by Gasteiger charge is 2.35. The van der Waals surface area contributed by atoms with Crippen LogP contribution in [0.15, 0.2) is 110 Å². The van der Waals surface area contributed by atoms with E-state index in [4.69, 9.17) is 31.2 Å². The SMILES string of the molecule is CCOc1cc(C2C(C(=O)Nc3ccccc3C)=C(C)Nc3nc(SCc4ccccc4Cl)nn32)cc(Br)c1OCc1ccc(Br)cc1. The van der Waals surface area contributed by atoms with E-state index in [2.05, 4.69) is 42.5 Å². The monoisotopic (exact) mass is 807 g/mol. The summed E-state index contributed by atoms with van der Waals surface area (Å²) in [4.78, 5) is 19.0. The normalized spacial score (nSPS) is 13.9. The molecule has 1 aromatic heterocycles. The van der Waals surface area contributed by atoms with Gasteiger partial charge in [-0.05, 0) is 95.4 Å². The van der Waals surface area contributed by atoms with Crippen molar-refractivity contribution in [3.8, 4) is 11.5 Å². The van der Waals surface area contributed by atoms with E-state index in [0.29, 0.717) is 62.3 Å². The Morgan fingerprint density at radius 1 is 1.02 bits per heavy atom. The molecule has 2 heterocycles. The number of fused-ring (bicyclic) bond motifs is 1. The van der Waals surface area contributed by atoms with Crippen molar-refractivity contribution in [3.63, 3.8) is 0 Å². The van der Waals surface area contributed by atoms with E-state index < -0.39 is 6.04 Å². The maximum atomic E-state index is 14.2. The van der Waals surface area contributed by atoms with Gasteiger partial charge in [-0.25, -0.2) is 4.68 Å². The van der Waals surface area contributed by atoms with Gasteiger partial charge < -0.3 is 20.1 Å². The molecule has 0 spiro atoms. The van der Waals surface area contributed by atoms with Crippen LogP contribution < -0.4 is 20.1 Å². The standard InChI is InChI=1S/C36H32Br2ClN5O3S/c1-4-46-30-18-25(17-27(38)33(30)47-19-23-13-15-26(37)16-14-23)32-31(34(45)41-29-12-8-5-9-21(29)2)22(3)40-35-42-36(43-44(32)35)48-20-24-10-6-7-11-28(24)39/h5-18,32H,4,19-20H2,1-3H3,(H,41,45)(H,40,42,43). The second-order valence-electron chi connectivity index (χ2n) is 11.1. The fourth-order valence-corrected chi connectivity index (χ4v) is 7.29. The summed E-state index contributed by atoms with van der Waals surface area (Å²) < 4.78 is 15.9. The molecule has 1 aliphatic rings. The number of hydrogen-bond acceptors (Lipinski definition) is 7. The Balaban J connectivity index is 1.39. The Kier molecular flexibility index (Phi) is 10.8. The number of benzene rings is 4. The number of aromatic nitrogens is 3. The minimum atomic E-state index is -0.636. The minimum Gasteiger partial charge on any atom is -0.490 e. The van der Waals surface area contributed by atoms with Crippen LogP contribution in [0.25, 0.3) is 0 Å². The Morgan fingerprint density at radius 2 is 1.77 bits per heavy atom. The Hall–Kier alpha value is -3.77. The Labute approximate surface area is 305 Å². The third-order valence-electron chi connectivity index (χ3n) is 7.73. The number of amides is 1. The van der Waals surface area contributed by atoms with E-state index in [0.717, 1.165) is 32.4 Å². The lowest BCUT2D eigenvalue weighted by Gasteiger charge is -2.29.